The molecule has 0 saturated carbocycles. The summed E-state index contributed by atoms with van der Waals surface area (Å²) in [5.41, 5.74) is 2.99. The topological polar surface area (TPSA) is 25.2 Å². The van der Waals surface area contributed by atoms with Gasteiger partial charge in [0.25, 0.3) is 0 Å². The number of rotatable bonds is 5. The normalized spacial score (nSPS) is 16.8. The van der Waals surface area contributed by atoms with Gasteiger partial charge in [-0.2, -0.15) is 0 Å². The van der Waals surface area contributed by atoms with E-state index in [0.717, 1.165) is 30.0 Å². The zero-order chi connectivity index (χ0) is 13.8. The number of halogens is 1. The van der Waals surface area contributed by atoms with Crippen molar-refractivity contribution < 1.29 is 4.79 Å². The van der Waals surface area contributed by atoms with E-state index in [1.165, 1.54) is 32.4 Å². The molecule has 106 valence electrons. The predicted molar refractivity (Wildman–Crippen MR) is 79.2 cm³/mol. The summed E-state index contributed by atoms with van der Waals surface area (Å²) >= 11 is 5.65. The van der Waals surface area contributed by atoms with Crippen molar-refractivity contribution in [3.8, 4) is 0 Å². The van der Waals surface area contributed by atoms with Gasteiger partial charge >= 0.3 is 0 Å². The number of alkyl halides is 1. The minimum atomic E-state index is 0.0268. The number of piperidine rings is 1. The Hall–Kier alpha value is -0.800. The van der Waals surface area contributed by atoms with Crippen LogP contribution >= 0.6 is 11.6 Å². The van der Waals surface area contributed by atoms with Crippen LogP contribution in [-0.4, -0.2) is 40.8 Å². The molecule has 1 fully saturated rings. The highest BCUT2D eigenvalue weighted by Gasteiger charge is 2.16. The van der Waals surface area contributed by atoms with E-state index in [-0.39, 0.29) is 11.7 Å². The first-order valence-corrected chi connectivity index (χ1v) is 7.65. The SMILES string of the molecule is Cc1cc(C(=O)CCl)c(C)n1CCN1CCCCC1. The van der Waals surface area contributed by atoms with Crippen LogP contribution in [-0.2, 0) is 6.54 Å². The number of likely N-dealkylation sites (tertiary alicyclic amines) is 1. The molecule has 0 atom stereocenters. The second-order valence-corrected chi connectivity index (χ2v) is 5.66. The van der Waals surface area contributed by atoms with Crippen molar-refractivity contribution in [3.63, 3.8) is 0 Å². The molecule has 4 heteroatoms. The zero-order valence-electron chi connectivity index (χ0n) is 11.9. The zero-order valence-corrected chi connectivity index (χ0v) is 12.7. The molecule has 1 aromatic rings. The molecular formula is C15H23ClN2O. The third-order valence-corrected chi connectivity index (χ3v) is 4.33. The van der Waals surface area contributed by atoms with E-state index in [0.29, 0.717) is 0 Å². The number of ketones is 1. The molecule has 3 nitrogen and oxygen atoms in total. The lowest BCUT2D eigenvalue weighted by molar-refractivity contribution is 0.102. The van der Waals surface area contributed by atoms with E-state index in [1.54, 1.807) is 0 Å². The molecule has 1 aromatic heterocycles. The largest absolute Gasteiger partial charge is 0.347 e. The van der Waals surface area contributed by atoms with Gasteiger partial charge in [-0.15, -0.1) is 11.6 Å². The van der Waals surface area contributed by atoms with Crippen LogP contribution < -0.4 is 0 Å². The number of hydrogen-bond donors (Lipinski definition) is 0. The summed E-state index contributed by atoms with van der Waals surface area (Å²) in [6.07, 6.45) is 4.01. The summed E-state index contributed by atoms with van der Waals surface area (Å²) in [7, 11) is 0. The maximum absolute atomic E-state index is 11.8. The highest BCUT2D eigenvalue weighted by atomic mass is 35.5. The Kier molecular flexibility index (Phi) is 5.06. The fourth-order valence-electron chi connectivity index (χ4n) is 2.92. The molecule has 0 aromatic carbocycles. The monoisotopic (exact) mass is 282 g/mol. The first-order valence-electron chi connectivity index (χ1n) is 7.11. The van der Waals surface area contributed by atoms with E-state index < -0.39 is 0 Å². The van der Waals surface area contributed by atoms with Crippen LogP contribution in [0.3, 0.4) is 0 Å². The van der Waals surface area contributed by atoms with E-state index in [2.05, 4.69) is 16.4 Å². The summed E-state index contributed by atoms with van der Waals surface area (Å²) in [6.45, 7) is 8.55. The Bertz CT molecular complexity index is 447. The smallest absolute Gasteiger partial charge is 0.179 e. The summed E-state index contributed by atoms with van der Waals surface area (Å²) in [5, 5.41) is 0. The molecule has 19 heavy (non-hydrogen) atoms. The van der Waals surface area contributed by atoms with Gasteiger partial charge in [0, 0.05) is 30.0 Å². The van der Waals surface area contributed by atoms with Crippen molar-refractivity contribution in [3.05, 3.63) is 23.0 Å². The molecule has 1 aliphatic heterocycles. The lowest BCUT2D eigenvalue weighted by atomic mass is 10.1. The van der Waals surface area contributed by atoms with Crippen molar-refractivity contribution in [1.29, 1.82) is 0 Å². The predicted octanol–water partition coefficient (Wildman–Crippen LogP) is 3.01. The average molecular weight is 283 g/mol. The maximum atomic E-state index is 11.8. The van der Waals surface area contributed by atoms with Crippen LogP contribution in [0.25, 0.3) is 0 Å². The van der Waals surface area contributed by atoms with Gasteiger partial charge in [-0.25, -0.2) is 0 Å². The van der Waals surface area contributed by atoms with Gasteiger partial charge in [0.15, 0.2) is 5.78 Å². The van der Waals surface area contributed by atoms with E-state index in [1.807, 2.05) is 13.0 Å². The third kappa shape index (κ3) is 3.40. The Morgan fingerprint density at radius 2 is 1.89 bits per heavy atom. The minimum absolute atomic E-state index is 0.0268. The quantitative estimate of drug-likeness (QED) is 0.613. The van der Waals surface area contributed by atoms with Gasteiger partial charge in [-0.05, 0) is 45.8 Å². The van der Waals surface area contributed by atoms with Crippen molar-refractivity contribution in [2.24, 2.45) is 0 Å². The molecule has 1 saturated heterocycles. The summed E-state index contributed by atoms with van der Waals surface area (Å²) < 4.78 is 2.24. The van der Waals surface area contributed by atoms with Crippen molar-refractivity contribution in [1.82, 2.24) is 9.47 Å². The molecule has 2 heterocycles. The van der Waals surface area contributed by atoms with E-state index >= 15 is 0 Å². The lowest BCUT2D eigenvalue weighted by Crippen LogP contribution is -2.32. The van der Waals surface area contributed by atoms with Crippen LogP contribution in [0.5, 0.6) is 0 Å². The van der Waals surface area contributed by atoms with Crippen LogP contribution in [0.2, 0.25) is 0 Å². The van der Waals surface area contributed by atoms with Crippen LogP contribution in [0.1, 0.15) is 41.0 Å². The highest BCUT2D eigenvalue weighted by molar-refractivity contribution is 6.30. The summed E-state index contributed by atoms with van der Waals surface area (Å²) in [6, 6.07) is 1.97. The van der Waals surface area contributed by atoms with Crippen molar-refractivity contribution >= 4 is 17.4 Å². The molecular weight excluding hydrogens is 260 g/mol. The van der Waals surface area contributed by atoms with Gasteiger partial charge in [-0.1, -0.05) is 6.42 Å². The number of carbonyl (C=O) groups excluding carboxylic acids is 1. The van der Waals surface area contributed by atoms with Crippen LogP contribution in [0.15, 0.2) is 6.07 Å². The summed E-state index contributed by atoms with van der Waals surface area (Å²) in [5.74, 6) is 0.0927. The Labute approximate surface area is 120 Å². The fraction of sp³-hybridized carbons (Fsp3) is 0.667. The first kappa shape index (κ1) is 14.6. The fourth-order valence-corrected chi connectivity index (χ4v) is 3.07. The number of Topliss-reactive ketones (excluding diaryl/α,β-unsaturated/α-hetero) is 1. The number of nitrogens with zero attached hydrogens (tertiary/aromatic N) is 2. The van der Waals surface area contributed by atoms with Crippen molar-refractivity contribution in [2.45, 2.75) is 39.7 Å². The molecule has 0 aliphatic carbocycles. The molecule has 0 amide bonds. The van der Waals surface area contributed by atoms with E-state index in [4.69, 9.17) is 11.6 Å². The Morgan fingerprint density at radius 3 is 2.53 bits per heavy atom. The Balaban J connectivity index is 2.03. The molecule has 0 unspecified atom stereocenters. The molecule has 0 N–H and O–H groups in total. The van der Waals surface area contributed by atoms with Gasteiger partial charge in [0.05, 0.1) is 5.88 Å². The molecule has 0 spiro atoms. The second-order valence-electron chi connectivity index (χ2n) is 5.40. The lowest BCUT2D eigenvalue weighted by Gasteiger charge is -2.27. The molecule has 0 bridgehead atoms. The number of aromatic nitrogens is 1. The van der Waals surface area contributed by atoms with Crippen molar-refractivity contribution in [2.75, 3.05) is 25.5 Å². The minimum Gasteiger partial charge on any atom is -0.347 e. The summed E-state index contributed by atoms with van der Waals surface area (Å²) in [4.78, 5) is 14.3. The third-order valence-electron chi connectivity index (χ3n) is 4.08. The van der Waals surface area contributed by atoms with Gasteiger partial charge in [-0.3, -0.25) is 4.79 Å². The molecule has 2 rings (SSSR count). The van der Waals surface area contributed by atoms with Gasteiger partial charge in [0.1, 0.15) is 0 Å². The van der Waals surface area contributed by atoms with E-state index in [9.17, 15) is 4.79 Å². The number of hydrogen-bond acceptors (Lipinski definition) is 2. The van der Waals surface area contributed by atoms with Gasteiger partial charge in [0.2, 0.25) is 0 Å². The maximum Gasteiger partial charge on any atom is 0.179 e. The standard InChI is InChI=1S/C15H23ClN2O/c1-12-10-14(15(19)11-16)13(2)18(12)9-8-17-6-4-3-5-7-17/h10H,3-9,11H2,1-2H3. The highest BCUT2D eigenvalue weighted by Crippen LogP contribution is 2.17. The van der Waals surface area contributed by atoms with Crippen LogP contribution in [0, 0.1) is 13.8 Å². The first-order chi connectivity index (χ1) is 9.13. The van der Waals surface area contributed by atoms with Crippen LogP contribution in [0.4, 0.5) is 0 Å². The average Bonchev–Trinajstić information content (AvgIpc) is 2.72. The second kappa shape index (κ2) is 6.58. The Morgan fingerprint density at radius 1 is 1.21 bits per heavy atom. The van der Waals surface area contributed by atoms with Gasteiger partial charge < -0.3 is 9.47 Å². The molecule has 1 aliphatic rings. The number of carbonyl (C=O) groups is 1. The number of aryl methyl sites for hydroxylation is 1. The molecule has 0 radical (unpaired) electrons.